The van der Waals surface area contributed by atoms with Crippen molar-refractivity contribution in [1.82, 2.24) is 0 Å². The molecule has 11 heavy (non-hydrogen) atoms. The van der Waals surface area contributed by atoms with E-state index in [2.05, 4.69) is 0 Å². The molecule has 0 bridgehead atoms. The first-order valence-electron chi connectivity index (χ1n) is 3.90. The minimum absolute atomic E-state index is 0.251. The smallest absolute Gasteiger partial charge is 0.171 e. The highest BCUT2D eigenvalue weighted by atomic mass is 19.4. The maximum Gasteiger partial charge on any atom is 0.391 e. The minimum atomic E-state index is -4.01. The van der Waals surface area contributed by atoms with Crippen LogP contribution in [-0.2, 0) is 0 Å². The van der Waals surface area contributed by atoms with Crippen LogP contribution < -0.4 is 0 Å². The SMILES string of the molecule is CC(C)CC[C@@H](C)C(F)(F)F. The van der Waals surface area contributed by atoms with Crippen molar-refractivity contribution in [2.75, 3.05) is 0 Å². The Morgan fingerprint density at radius 1 is 1.00 bits per heavy atom. The number of halogens is 3. The fourth-order valence-electron chi connectivity index (χ4n) is 0.747. The fraction of sp³-hybridized carbons (Fsp3) is 1.00. The number of hydrogen-bond donors (Lipinski definition) is 0. The van der Waals surface area contributed by atoms with Crippen LogP contribution in [0.15, 0.2) is 0 Å². The van der Waals surface area contributed by atoms with Crippen molar-refractivity contribution in [2.45, 2.75) is 39.8 Å². The van der Waals surface area contributed by atoms with E-state index in [1.807, 2.05) is 13.8 Å². The Labute approximate surface area is 65.8 Å². The van der Waals surface area contributed by atoms with E-state index in [-0.39, 0.29) is 6.42 Å². The van der Waals surface area contributed by atoms with E-state index in [0.717, 1.165) is 0 Å². The standard InChI is InChI=1S/C8H15F3/c1-6(2)4-5-7(3)8(9,10)11/h6-7H,4-5H2,1-3H3/t7-/m1/s1. The van der Waals surface area contributed by atoms with Crippen LogP contribution in [0.1, 0.15) is 33.6 Å². The van der Waals surface area contributed by atoms with Crippen molar-refractivity contribution in [1.29, 1.82) is 0 Å². The second-order valence-electron chi connectivity index (χ2n) is 3.41. The van der Waals surface area contributed by atoms with Crippen LogP contribution in [-0.4, -0.2) is 6.18 Å². The molecule has 0 unspecified atom stereocenters. The first-order chi connectivity index (χ1) is 4.84. The van der Waals surface area contributed by atoms with Crippen LogP contribution in [0.25, 0.3) is 0 Å². The highest BCUT2D eigenvalue weighted by molar-refractivity contribution is 4.62. The van der Waals surface area contributed by atoms with Gasteiger partial charge in [-0.3, -0.25) is 0 Å². The lowest BCUT2D eigenvalue weighted by atomic mass is 9.99. The molecule has 0 aromatic heterocycles. The van der Waals surface area contributed by atoms with E-state index >= 15 is 0 Å². The molecule has 0 amide bonds. The van der Waals surface area contributed by atoms with Gasteiger partial charge in [-0.15, -0.1) is 0 Å². The lowest BCUT2D eigenvalue weighted by Gasteiger charge is -2.15. The first-order valence-corrected chi connectivity index (χ1v) is 3.90. The number of alkyl halides is 3. The highest BCUT2D eigenvalue weighted by Crippen LogP contribution is 2.29. The monoisotopic (exact) mass is 168 g/mol. The lowest BCUT2D eigenvalue weighted by Crippen LogP contribution is -2.19. The molecule has 1 atom stereocenters. The van der Waals surface area contributed by atoms with Gasteiger partial charge in [0.2, 0.25) is 0 Å². The summed E-state index contributed by atoms with van der Waals surface area (Å²) in [6.45, 7) is 5.11. The summed E-state index contributed by atoms with van der Waals surface area (Å²) >= 11 is 0. The molecule has 0 aliphatic heterocycles. The summed E-state index contributed by atoms with van der Waals surface area (Å²) in [5, 5.41) is 0. The van der Waals surface area contributed by atoms with Crippen molar-refractivity contribution in [2.24, 2.45) is 11.8 Å². The van der Waals surface area contributed by atoms with Crippen LogP contribution in [0.3, 0.4) is 0 Å². The summed E-state index contributed by atoms with van der Waals surface area (Å²) in [4.78, 5) is 0. The Morgan fingerprint density at radius 3 is 1.73 bits per heavy atom. The zero-order valence-electron chi connectivity index (χ0n) is 7.20. The normalized spacial score (nSPS) is 15.5. The van der Waals surface area contributed by atoms with E-state index in [0.29, 0.717) is 12.3 Å². The summed E-state index contributed by atoms with van der Waals surface area (Å²) in [5.74, 6) is -0.787. The molecule has 0 aliphatic rings. The molecule has 0 saturated heterocycles. The van der Waals surface area contributed by atoms with Crippen LogP contribution in [0.5, 0.6) is 0 Å². The Bertz CT molecular complexity index is 104. The Morgan fingerprint density at radius 2 is 1.45 bits per heavy atom. The molecule has 0 heterocycles. The lowest BCUT2D eigenvalue weighted by molar-refractivity contribution is -0.171. The van der Waals surface area contributed by atoms with E-state index in [9.17, 15) is 13.2 Å². The molecule has 0 saturated carbocycles. The fourth-order valence-corrected chi connectivity index (χ4v) is 0.747. The molecular formula is C8H15F3. The summed E-state index contributed by atoms with van der Waals surface area (Å²) < 4.78 is 35.7. The second kappa shape index (κ2) is 3.98. The second-order valence-corrected chi connectivity index (χ2v) is 3.41. The summed E-state index contributed by atoms with van der Waals surface area (Å²) in [7, 11) is 0. The molecular weight excluding hydrogens is 153 g/mol. The Kier molecular flexibility index (Phi) is 3.90. The zero-order valence-corrected chi connectivity index (χ0v) is 7.20. The van der Waals surface area contributed by atoms with Crippen LogP contribution in [0.2, 0.25) is 0 Å². The van der Waals surface area contributed by atoms with E-state index in [1.165, 1.54) is 6.92 Å². The maximum atomic E-state index is 11.9. The predicted octanol–water partition coefficient (Wildman–Crippen LogP) is 3.62. The third kappa shape index (κ3) is 5.10. The molecule has 0 fully saturated rings. The Hall–Kier alpha value is -0.210. The average molecular weight is 168 g/mol. The number of rotatable bonds is 3. The van der Waals surface area contributed by atoms with Gasteiger partial charge in [0.05, 0.1) is 5.92 Å². The molecule has 3 heteroatoms. The van der Waals surface area contributed by atoms with E-state index < -0.39 is 12.1 Å². The molecule has 0 nitrogen and oxygen atoms in total. The molecule has 0 aliphatic carbocycles. The van der Waals surface area contributed by atoms with Crippen LogP contribution in [0, 0.1) is 11.8 Å². The van der Waals surface area contributed by atoms with Gasteiger partial charge in [0.25, 0.3) is 0 Å². The van der Waals surface area contributed by atoms with Crippen molar-refractivity contribution >= 4 is 0 Å². The molecule has 0 radical (unpaired) electrons. The van der Waals surface area contributed by atoms with Gasteiger partial charge in [0.15, 0.2) is 0 Å². The molecule has 68 valence electrons. The highest BCUT2D eigenvalue weighted by Gasteiger charge is 2.35. The zero-order chi connectivity index (χ0) is 9.07. The van der Waals surface area contributed by atoms with Crippen molar-refractivity contribution < 1.29 is 13.2 Å². The Balaban J connectivity index is 3.61. The van der Waals surface area contributed by atoms with Crippen molar-refractivity contribution in [3.8, 4) is 0 Å². The maximum absolute atomic E-state index is 11.9. The third-order valence-electron chi connectivity index (χ3n) is 1.74. The van der Waals surface area contributed by atoms with Gasteiger partial charge in [-0.25, -0.2) is 0 Å². The van der Waals surface area contributed by atoms with Gasteiger partial charge in [-0.1, -0.05) is 27.2 Å². The molecule has 0 aromatic carbocycles. The van der Waals surface area contributed by atoms with Crippen LogP contribution in [0.4, 0.5) is 13.2 Å². The minimum Gasteiger partial charge on any atom is -0.171 e. The van der Waals surface area contributed by atoms with Crippen molar-refractivity contribution in [3.63, 3.8) is 0 Å². The van der Waals surface area contributed by atoms with E-state index in [4.69, 9.17) is 0 Å². The van der Waals surface area contributed by atoms with Gasteiger partial charge in [0, 0.05) is 0 Å². The summed E-state index contributed by atoms with van der Waals surface area (Å²) in [5.41, 5.74) is 0. The first kappa shape index (κ1) is 10.8. The van der Waals surface area contributed by atoms with Gasteiger partial charge < -0.3 is 0 Å². The third-order valence-corrected chi connectivity index (χ3v) is 1.74. The predicted molar refractivity (Wildman–Crippen MR) is 39.3 cm³/mol. The van der Waals surface area contributed by atoms with Gasteiger partial charge >= 0.3 is 6.18 Å². The average Bonchev–Trinajstić information content (AvgIpc) is 1.80. The molecule has 0 N–H and O–H groups in total. The topological polar surface area (TPSA) is 0 Å². The summed E-state index contributed by atoms with van der Waals surface area (Å²) in [6, 6.07) is 0. The van der Waals surface area contributed by atoms with Crippen molar-refractivity contribution in [3.05, 3.63) is 0 Å². The molecule has 0 rings (SSSR count). The molecule has 0 aromatic rings. The molecule has 0 spiro atoms. The van der Waals surface area contributed by atoms with Gasteiger partial charge in [-0.05, 0) is 12.3 Å². The largest absolute Gasteiger partial charge is 0.391 e. The summed E-state index contributed by atoms with van der Waals surface area (Å²) in [6.07, 6.45) is -3.10. The van der Waals surface area contributed by atoms with E-state index in [1.54, 1.807) is 0 Å². The van der Waals surface area contributed by atoms with Gasteiger partial charge in [0.1, 0.15) is 0 Å². The van der Waals surface area contributed by atoms with Gasteiger partial charge in [-0.2, -0.15) is 13.2 Å². The number of hydrogen-bond acceptors (Lipinski definition) is 0. The van der Waals surface area contributed by atoms with Crippen LogP contribution >= 0.6 is 0 Å². The quantitative estimate of drug-likeness (QED) is 0.603.